The highest BCUT2D eigenvalue weighted by atomic mass is 19.1. The lowest BCUT2D eigenvalue weighted by molar-refractivity contribution is -0.385. The summed E-state index contributed by atoms with van der Waals surface area (Å²) in [6, 6.07) is 4.08. The SMILES string of the molecule is C[C@@H]1CN(c2ccc([N+](=O)[O-])cc2F)CCN1. The number of nitro groups is 1. The largest absolute Gasteiger partial charge is 0.366 e. The van der Waals surface area contributed by atoms with Gasteiger partial charge in [-0.15, -0.1) is 0 Å². The molecule has 6 heteroatoms. The molecule has 0 bridgehead atoms. The number of hydrogen-bond acceptors (Lipinski definition) is 4. The van der Waals surface area contributed by atoms with Crippen molar-refractivity contribution in [2.45, 2.75) is 13.0 Å². The van der Waals surface area contributed by atoms with E-state index < -0.39 is 10.7 Å². The average molecular weight is 239 g/mol. The summed E-state index contributed by atoms with van der Waals surface area (Å²) in [5.74, 6) is -0.534. The quantitative estimate of drug-likeness (QED) is 0.628. The third-order valence-electron chi connectivity index (χ3n) is 2.85. The van der Waals surface area contributed by atoms with Gasteiger partial charge in [-0.1, -0.05) is 0 Å². The Morgan fingerprint density at radius 2 is 2.35 bits per heavy atom. The van der Waals surface area contributed by atoms with Crippen molar-refractivity contribution in [2.75, 3.05) is 24.5 Å². The van der Waals surface area contributed by atoms with E-state index in [0.29, 0.717) is 24.8 Å². The fourth-order valence-corrected chi connectivity index (χ4v) is 2.02. The first-order chi connectivity index (χ1) is 8.08. The first-order valence-electron chi connectivity index (χ1n) is 5.50. The van der Waals surface area contributed by atoms with Crippen LogP contribution in [0.2, 0.25) is 0 Å². The fourth-order valence-electron chi connectivity index (χ4n) is 2.02. The molecule has 17 heavy (non-hydrogen) atoms. The molecule has 0 saturated carbocycles. The highest BCUT2D eigenvalue weighted by molar-refractivity contribution is 5.52. The van der Waals surface area contributed by atoms with Gasteiger partial charge in [0.05, 0.1) is 16.7 Å². The van der Waals surface area contributed by atoms with Crippen molar-refractivity contribution < 1.29 is 9.31 Å². The van der Waals surface area contributed by atoms with Crippen molar-refractivity contribution >= 4 is 11.4 Å². The Bertz CT molecular complexity index is 439. The van der Waals surface area contributed by atoms with Crippen molar-refractivity contribution in [1.82, 2.24) is 5.32 Å². The van der Waals surface area contributed by atoms with Crippen LogP contribution in [-0.2, 0) is 0 Å². The Morgan fingerprint density at radius 1 is 1.59 bits per heavy atom. The number of anilines is 1. The molecule has 0 radical (unpaired) electrons. The van der Waals surface area contributed by atoms with Gasteiger partial charge in [0, 0.05) is 31.7 Å². The second-order valence-corrected chi connectivity index (χ2v) is 4.19. The molecule has 1 N–H and O–H groups in total. The topological polar surface area (TPSA) is 58.4 Å². The van der Waals surface area contributed by atoms with E-state index in [4.69, 9.17) is 0 Å². The summed E-state index contributed by atoms with van der Waals surface area (Å²) in [5, 5.41) is 13.8. The van der Waals surface area contributed by atoms with Gasteiger partial charge in [0.2, 0.25) is 0 Å². The zero-order valence-corrected chi connectivity index (χ0v) is 9.52. The number of hydrogen-bond donors (Lipinski definition) is 1. The molecule has 1 aliphatic heterocycles. The van der Waals surface area contributed by atoms with Crippen LogP contribution in [0.25, 0.3) is 0 Å². The molecule has 5 nitrogen and oxygen atoms in total. The highest BCUT2D eigenvalue weighted by Gasteiger charge is 2.20. The van der Waals surface area contributed by atoms with Crippen LogP contribution >= 0.6 is 0 Å². The lowest BCUT2D eigenvalue weighted by Crippen LogP contribution is -2.49. The van der Waals surface area contributed by atoms with Crippen molar-refractivity contribution in [3.05, 3.63) is 34.1 Å². The van der Waals surface area contributed by atoms with E-state index in [1.165, 1.54) is 12.1 Å². The van der Waals surface area contributed by atoms with Crippen LogP contribution in [0.4, 0.5) is 15.8 Å². The van der Waals surface area contributed by atoms with Gasteiger partial charge in [-0.25, -0.2) is 4.39 Å². The molecular weight excluding hydrogens is 225 g/mol. The predicted molar refractivity (Wildman–Crippen MR) is 62.7 cm³/mol. The molecule has 1 fully saturated rings. The Balaban J connectivity index is 2.23. The summed E-state index contributed by atoms with van der Waals surface area (Å²) < 4.78 is 13.8. The first-order valence-corrected chi connectivity index (χ1v) is 5.50. The van der Waals surface area contributed by atoms with E-state index in [-0.39, 0.29) is 5.69 Å². The second-order valence-electron chi connectivity index (χ2n) is 4.19. The van der Waals surface area contributed by atoms with Crippen molar-refractivity contribution in [3.8, 4) is 0 Å². The monoisotopic (exact) mass is 239 g/mol. The van der Waals surface area contributed by atoms with Crippen LogP contribution < -0.4 is 10.2 Å². The van der Waals surface area contributed by atoms with Gasteiger partial charge in [-0.05, 0) is 13.0 Å². The number of nitrogens with one attached hydrogen (secondary N) is 1. The normalized spacial score (nSPS) is 20.4. The number of non-ortho nitro benzene ring substituents is 1. The van der Waals surface area contributed by atoms with Crippen LogP contribution in [0.3, 0.4) is 0 Å². The zero-order chi connectivity index (χ0) is 12.4. The maximum Gasteiger partial charge on any atom is 0.272 e. The Hall–Kier alpha value is -1.69. The first kappa shape index (κ1) is 11.8. The van der Waals surface area contributed by atoms with E-state index in [0.717, 1.165) is 12.6 Å². The van der Waals surface area contributed by atoms with E-state index in [1.807, 2.05) is 11.8 Å². The van der Waals surface area contributed by atoms with Crippen LogP contribution in [0.1, 0.15) is 6.92 Å². The summed E-state index contributed by atoms with van der Waals surface area (Å²) in [6.45, 7) is 4.22. The number of nitrogens with zero attached hydrogens (tertiary/aromatic N) is 2. The van der Waals surface area contributed by atoms with Crippen LogP contribution in [0, 0.1) is 15.9 Å². The maximum absolute atomic E-state index is 13.8. The standard InChI is InChI=1S/C11H14FN3O2/c1-8-7-14(5-4-13-8)11-3-2-9(15(16)17)6-10(11)12/h2-3,6,8,13H,4-5,7H2,1H3/t8-/m1/s1. The molecule has 0 aliphatic carbocycles. The molecule has 92 valence electrons. The fraction of sp³-hybridized carbons (Fsp3) is 0.455. The van der Waals surface area contributed by atoms with Crippen LogP contribution in [0.15, 0.2) is 18.2 Å². The van der Waals surface area contributed by atoms with Crippen LogP contribution in [0.5, 0.6) is 0 Å². The van der Waals surface area contributed by atoms with Gasteiger partial charge < -0.3 is 10.2 Å². The Kier molecular flexibility index (Phi) is 3.23. The van der Waals surface area contributed by atoms with Gasteiger partial charge in [-0.2, -0.15) is 0 Å². The average Bonchev–Trinajstić information content (AvgIpc) is 2.28. The summed E-state index contributed by atoms with van der Waals surface area (Å²) in [4.78, 5) is 11.8. The summed E-state index contributed by atoms with van der Waals surface area (Å²) in [5.41, 5.74) is 0.221. The van der Waals surface area contributed by atoms with Crippen LogP contribution in [-0.4, -0.2) is 30.6 Å². The molecule has 0 aromatic heterocycles. The molecular formula is C11H14FN3O2. The Labute approximate surface area is 98.4 Å². The van der Waals surface area contributed by atoms with Crippen molar-refractivity contribution in [2.24, 2.45) is 0 Å². The third kappa shape index (κ3) is 2.52. The number of benzene rings is 1. The zero-order valence-electron chi connectivity index (χ0n) is 9.52. The van der Waals surface area contributed by atoms with Crippen molar-refractivity contribution in [3.63, 3.8) is 0 Å². The summed E-state index contributed by atoms with van der Waals surface area (Å²) in [7, 11) is 0. The second kappa shape index (κ2) is 4.67. The maximum atomic E-state index is 13.8. The molecule has 1 aromatic carbocycles. The molecule has 0 amide bonds. The van der Waals surface area contributed by atoms with Crippen molar-refractivity contribution in [1.29, 1.82) is 0 Å². The van der Waals surface area contributed by atoms with Gasteiger partial charge in [0.25, 0.3) is 5.69 Å². The van der Waals surface area contributed by atoms with E-state index in [9.17, 15) is 14.5 Å². The Morgan fingerprint density at radius 3 is 2.94 bits per heavy atom. The minimum absolute atomic E-state index is 0.213. The molecule has 0 unspecified atom stereocenters. The van der Waals surface area contributed by atoms with Gasteiger partial charge in [0.1, 0.15) is 0 Å². The lowest BCUT2D eigenvalue weighted by atomic mass is 10.2. The number of piperazine rings is 1. The molecule has 1 saturated heterocycles. The van der Waals surface area contributed by atoms with E-state index in [2.05, 4.69) is 5.32 Å². The minimum atomic E-state index is -0.590. The third-order valence-corrected chi connectivity index (χ3v) is 2.85. The molecule has 1 atom stereocenters. The van der Waals surface area contributed by atoms with E-state index in [1.54, 1.807) is 0 Å². The van der Waals surface area contributed by atoms with Gasteiger partial charge in [0.15, 0.2) is 5.82 Å². The minimum Gasteiger partial charge on any atom is -0.366 e. The van der Waals surface area contributed by atoms with Gasteiger partial charge >= 0.3 is 0 Å². The molecule has 1 aromatic rings. The molecule has 1 aliphatic rings. The molecule has 2 rings (SSSR count). The highest BCUT2D eigenvalue weighted by Crippen LogP contribution is 2.24. The number of nitro benzene ring substituents is 1. The molecule has 1 heterocycles. The number of halogens is 1. The molecule has 0 spiro atoms. The van der Waals surface area contributed by atoms with Gasteiger partial charge in [-0.3, -0.25) is 10.1 Å². The lowest BCUT2D eigenvalue weighted by Gasteiger charge is -2.33. The smallest absolute Gasteiger partial charge is 0.272 e. The summed E-state index contributed by atoms with van der Waals surface area (Å²) >= 11 is 0. The summed E-state index contributed by atoms with van der Waals surface area (Å²) in [6.07, 6.45) is 0. The van der Waals surface area contributed by atoms with E-state index >= 15 is 0 Å². The predicted octanol–water partition coefficient (Wildman–Crippen LogP) is 1.53. The number of rotatable bonds is 2.